The van der Waals surface area contributed by atoms with Crippen molar-refractivity contribution in [3.05, 3.63) is 0 Å². The molecule has 0 atom stereocenters. The Balaban J connectivity index is 2.33. The van der Waals surface area contributed by atoms with Crippen LogP contribution in [0.2, 0.25) is 0 Å². The molecule has 0 saturated carbocycles. The number of nitrogens with two attached hydrogens (primary N) is 1. The zero-order valence-corrected chi connectivity index (χ0v) is 6.76. The van der Waals surface area contributed by atoms with Gasteiger partial charge in [-0.1, -0.05) is 0 Å². The van der Waals surface area contributed by atoms with Gasteiger partial charge in [0, 0.05) is 18.5 Å². The fraction of sp³-hybridized carbons (Fsp3) is 1.00. The maximum Gasteiger partial charge on any atom is 0.0569 e. The molecule has 1 aliphatic heterocycles. The molecule has 0 aromatic carbocycles. The molecule has 1 rings (SSSR count). The summed E-state index contributed by atoms with van der Waals surface area (Å²) in [6.07, 6.45) is 0. The minimum atomic E-state index is 0.267. The Morgan fingerprint density at radius 3 is 2.20 bits per heavy atom. The number of rotatable bonds is 3. The van der Waals surface area contributed by atoms with E-state index in [0.717, 1.165) is 26.3 Å². The average molecular weight is 144 g/mol. The molecule has 0 bridgehead atoms. The zero-order chi connectivity index (χ0) is 7.61. The first-order valence-corrected chi connectivity index (χ1v) is 3.61. The summed E-state index contributed by atoms with van der Waals surface area (Å²) >= 11 is 0. The maximum atomic E-state index is 5.61. The van der Waals surface area contributed by atoms with Crippen LogP contribution in [0.4, 0.5) is 0 Å². The molecule has 0 radical (unpaired) electrons. The summed E-state index contributed by atoms with van der Waals surface area (Å²) in [4.78, 5) is 2.16. The molecule has 0 unspecified atom stereocenters. The molecule has 0 aliphatic carbocycles. The topological polar surface area (TPSA) is 38.5 Å². The van der Waals surface area contributed by atoms with E-state index in [0.29, 0.717) is 0 Å². The van der Waals surface area contributed by atoms with Crippen molar-refractivity contribution in [1.29, 1.82) is 0 Å². The zero-order valence-electron chi connectivity index (χ0n) is 6.76. The summed E-state index contributed by atoms with van der Waals surface area (Å²) in [5.41, 5.74) is 5.88. The van der Waals surface area contributed by atoms with E-state index in [4.69, 9.17) is 10.5 Å². The lowest BCUT2D eigenvalue weighted by atomic mass is 9.86. The van der Waals surface area contributed by atoms with E-state index in [1.807, 2.05) is 0 Å². The second-order valence-corrected chi connectivity index (χ2v) is 3.43. The van der Waals surface area contributed by atoms with Gasteiger partial charge in [0.25, 0.3) is 0 Å². The Labute approximate surface area is 62.1 Å². The SMILES string of the molecule is CN(C)CC1(CN)COC1. The van der Waals surface area contributed by atoms with Crippen LogP contribution < -0.4 is 5.73 Å². The summed E-state index contributed by atoms with van der Waals surface area (Å²) in [6, 6.07) is 0. The predicted molar refractivity (Wildman–Crippen MR) is 40.9 cm³/mol. The smallest absolute Gasteiger partial charge is 0.0569 e. The van der Waals surface area contributed by atoms with Crippen molar-refractivity contribution in [3.63, 3.8) is 0 Å². The first-order valence-electron chi connectivity index (χ1n) is 3.61. The lowest BCUT2D eigenvalue weighted by molar-refractivity contribution is -0.116. The van der Waals surface area contributed by atoms with Crippen molar-refractivity contribution in [2.45, 2.75) is 0 Å². The highest BCUT2D eigenvalue weighted by atomic mass is 16.5. The highest BCUT2D eigenvalue weighted by Crippen LogP contribution is 2.26. The van der Waals surface area contributed by atoms with Gasteiger partial charge in [-0.25, -0.2) is 0 Å². The van der Waals surface area contributed by atoms with Crippen molar-refractivity contribution >= 4 is 0 Å². The molecule has 2 N–H and O–H groups in total. The number of hydrogen-bond acceptors (Lipinski definition) is 3. The van der Waals surface area contributed by atoms with Crippen LogP contribution in [0.15, 0.2) is 0 Å². The Bertz CT molecular complexity index is 105. The third kappa shape index (κ3) is 1.48. The monoisotopic (exact) mass is 144 g/mol. The van der Waals surface area contributed by atoms with Gasteiger partial charge in [0.15, 0.2) is 0 Å². The van der Waals surface area contributed by atoms with Crippen LogP contribution in [0.3, 0.4) is 0 Å². The quantitative estimate of drug-likeness (QED) is 0.581. The first kappa shape index (κ1) is 7.98. The molecule has 0 aromatic rings. The van der Waals surface area contributed by atoms with Gasteiger partial charge < -0.3 is 15.4 Å². The number of ether oxygens (including phenoxy) is 1. The lowest BCUT2D eigenvalue weighted by Gasteiger charge is -2.42. The van der Waals surface area contributed by atoms with Crippen molar-refractivity contribution in [3.8, 4) is 0 Å². The van der Waals surface area contributed by atoms with Crippen LogP contribution in [0, 0.1) is 5.41 Å². The van der Waals surface area contributed by atoms with Gasteiger partial charge in [-0.15, -0.1) is 0 Å². The molecular formula is C7H16N2O. The molecule has 1 heterocycles. The van der Waals surface area contributed by atoms with E-state index < -0.39 is 0 Å². The van der Waals surface area contributed by atoms with E-state index in [2.05, 4.69) is 19.0 Å². The Hall–Kier alpha value is -0.120. The van der Waals surface area contributed by atoms with Crippen LogP contribution >= 0.6 is 0 Å². The molecule has 1 aliphatic rings. The Kier molecular flexibility index (Phi) is 2.28. The second kappa shape index (κ2) is 2.86. The van der Waals surface area contributed by atoms with Gasteiger partial charge in [-0.3, -0.25) is 0 Å². The standard InChI is InChI=1S/C7H16N2O/c1-9(2)4-7(3-8)5-10-6-7/h3-6,8H2,1-2H3. The average Bonchev–Trinajstić information content (AvgIpc) is 1.78. The van der Waals surface area contributed by atoms with E-state index in [1.165, 1.54) is 0 Å². The van der Waals surface area contributed by atoms with Gasteiger partial charge in [0.2, 0.25) is 0 Å². The van der Waals surface area contributed by atoms with Gasteiger partial charge in [0.1, 0.15) is 0 Å². The van der Waals surface area contributed by atoms with E-state index in [1.54, 1.807) is 0 Å². The lowest BCUT2D eigenvalue weighted by Crippen LogP contribution is -2.54. The largest absolute Gasteiger partial charge is 0.380 e. The molecule has 1 fully saturated rings. The normalized spacial score (nSPS) is 22.8. The minimum absolute atomic E-state index is 0.267. The van der Waals surface area contributed by atoms with Crippen molar-refractivity contribution in [2.75, 3.05) is 40.4 Å². The molecule has 3 nitrogen and oxygen atoms in total. The van der Waals surface area contributed by atoms with Crippen LogP contribution in [-0.2, 0) is 4.74 Å². The number of hydrogen-bond donors (Lipinski definition) is 1. The van der Waals surface area contributed by atoms with Crippen molar-refractivity contribution < 1.29 is 4.74 Å². The third-order valence-electron chi connectivity index (χ3n) is 1.90. The molecule has 0 spiro atoms. The fourth-order valence-corrected chi connectivity index (χ4v) is 1.34. The second-order valence-electron chi connectivity index (χ2n) is 3.43. The van der Waals surface area contributed by atoms with E-state index >= 15 is 0 Å². The summed E-state index contributed by atoms with van der Waals surface area (Å²) in [5, 5.41) is 0. The Morgan fingerprint density at radius 1 is 1.50 bits per heavy atom. The highest BCUT2D eigenvalue weighted by Gasteiger charge is 2.37. The van der Waals surface area contributed by atoms with Gasteiger partial charge >= 0.3 is 0 Å². The van der Waals surface area contributed by atoms with Crippen LogP contribution in [-0.4, -0.2) is 45.3 Å². The molecule has 1 saturated heterocycles. The summed E-state index contributed by atoms with van der Waals surface area (Å²) in [6.45, 7) is 3.46. The van der Waals surface area contributed by atoms with Gasteiger partial charge in [-0.2, -0.15) is 0 Å². The molecule has 60 valence electrons. The first-order chi connectivity index (χ1) is 4.68. The van der Waals surface area contributed by atoms with Crippen LogP contribution in [0.5, 0.6) is 0 Å². The van der Waals surface area contributed by atoms with Crippen molar-refractivity contribution in [2.24, 2.45) is 11.1 Å². The van der Waals surface area contributed by atoms with E-state index in [-0.39, 0.29) is 5.41 Å². The predicted octanol–water partition coefficient (Wildman–Crippen LogP) is -0.477. The van der Waals surface area contributed by atoms with Crippen LogP contribution in [0.1, 0.15) is 0 Å². The van der Waals surface area contributed by atoms with Gasteiger partial charge in [0.05, 0.1) is 13.2 Å². The summed E-state index contributed by atoms with van der Waals surface area (Å²) < 4.78 is 5.12. The van der Waals surface area contributed by atoms with Crippen LogP contribution in [0.25, 0.3) is 0 Å². The number of nitrogens with zero attached hydrogens (tertiary/aromatic N) is 1. The third-order valence-corrected chi connectivity index (χ3v) is 1.90. The summed E-state index contributed by atoms with van der Waals surface area (Å²) in [5.74, 6) is 0. The van der Waals surface area contributed by atoms with E-state index in [9.17, 15) is 0 Å². The highest BCUT2D eigenvalue weighted by molar-refractivity contribution is 4.88. The molecule has 0 amide bonds. The molecule has 0 aromatic heterocycles. The molecule has 10 heavy (non-hydrogen) atoms. The maximum absolute atomic E-state index is 5.61. The fourth-order valence-electron chi connectivity index (χ4n) is 1.34. The Morgan fingerprint density at radius 2 is 2.10 bits per heavy atom. The molecule has 3 heteroatoms. The minimum Gasteiger partial charge on any atom is -0.380 e. The summed E-state index contributed by atoms with van der Waals surface area (Å²) in [7, 11) is 4.13. The molecular weight excluding hydrogens is 128 g/mol. The van der Waals surface area contributed by atoms with Gasteiger partial charge in [-0.05, 0) is 14.1 Å². The van der Waals surface area contributed by atoms with Crippen molar-refractivity contribution in [1.82, 2.24) is 4.90 Å².